The van der Waals surface area contributed by atoms with Gasteiger partial charge < -0.3 is 9.47 Å². The molecular weight excluding hydrogens is 737 g/mol. The van der Waals surface area contributed by atoms with Gasteiger partial charge in [-0.3, -0.25) is 0 Å². The molecule has 0 unspecified atom stereocenters. The van der Waals surface area contributed by atoms with Crippen LogP contribution in [-0.2, 0) is 5.41 Å². The number of nitrogens with zero attached hydrogens (tertiary/aromatic N) is 2. The van der Waals surface area contributed by atoms with Crippen LogP contribution in [-0.4, -0.2) is 4.57 Å². The minimum absolute atomic E-state index is 0.428. The lowest BCUT2D eigenvalue weighted by Crippen LogP contribution is -2.28. The van der Waals surface area contributed by atoms with Crippen molar-refractivity contribution in [3.05, 3.63) is 265 Å². The van der Waals surface area contributed by atoms with Gasteiger partial charge in [-0.15, -0.1) is 0 Å². The van der Waals surface area contributed by atoms with E-state index in [-0.39, 0.29) is 0 Å². The summed E-state index contributed by atoms with van der Waals surface area (Å²) in [4.78, 5) is 2.42. The monoisotopic (exact) mass is 776 g/mol. The number of aromatic nitrogens is 1. The molecule has 0 amide bonds. The number of para-hydroxylation sites is 3. The van der Waals surface area contributed by atoms with Crippen LogP contribution < -0.4 is 4.90 Å². The predicted molar refractivity (Wildman–Crippen MR) is 256 cm³/mol. The van der Waals surface area contributed by atoms with Gasteiger partial charge in [-0.05, 0) is 104 Å². The summed E-state index contributed by atoms with van der Waals surface area (Å²) in [5, 5.41) is 4.88. The van der Waals surface area contributed by atoms with E-state index in [0.29, 0.717) is 0 Å². The Balaban J connectivity index is 1.05. The second-order valence-corrected chi connectivity index (χ2v) is 16.0. The van der Waals surface area contributed by atoms with Crippen LogP contribution in [0.25, 0.3) is 60.5 Å². The van der Waals surface area contributed by atoms with E-state index in [1.54, 1.807) is 0 Å². The highest BCUT2D eigenvalue weighted by atomic mass is 15.1. The van der Waals surface area contributed by atoms with Gasteiger partial charge in [0.25, 0.3) is 0 Å². The van der Waals surface area contributed by atoms with Crippen molar-refractivity contribution in [1.82, 2.24) is 4.57 Å². The molecule has 0 atom stereocenters. The van der Waals surface area contributed by atoms with Crippen LogP contribution in [0.1, 0.15) is 22.3 Å². The van der Waals surface area contributed by atoms with Gasteiger partial charge in [0.15, 0.2) is 0 Å². The Morgan fingerprint density at radius 2 is 0.902 bits per heavy atom. The number of hydrogen-bond donors (Lipinski definition) is 0. The van der Waals surface area contributed by atoms with Crippen molar-refractivity contribution in [3.63, 3.8) is 0 Å². The van der Waals surface area contributed by atoms with Crippen LogP contribution in [0.2, 0.25) is 0 Å². The molecule has 0 spiro atoms. The molecule has 12 rings (SSSR count). The minimum Gasteiger partial charge on any atom is -0.310 e. The third-order valence-corrected chi connectivity index (χ3v) is 12.9. The topological polar surface area (TPSA) is 8.17 Å². The van der Waals surface area contributed by atoms with Crippen molar-refractivity contribution < 1.29 is 0 Å². The maximum absolute atomic E-state index is 2.44. The van der Waals surface area contributed by atoms with Crippen molar-refractivity contribution in [1.29, 1.82) is 0 Å². The van der Waals surface area contributed by atoms with Crippen LogP contribution >= 0.6 is 0 Å². The molecule has 2 nitrogen and oxygen atoms in total. The summed E-state index contributed by atoms with van der Waals surface area (Å²) < 4.78 is 2.40. The molecule has 0 fully saturated rings. The highest BCUT2D eigenvalue weighted by Gasteiger charge is 2.46. The summed E-state index contributed by atoms with van der Waals surface area (Å²) in [7, 11) is 0. The van der Waals surface area contributed by atoms with Crippen molar-refractivity contribution >= 4 is 49.6 Å². The molecule has 1 aliphatic rings. The molecule has 11 aromatic rings. The first-order chi connectivity index (χ1) is 30.3. The first kappa shape index (κ1) is 35.0. The second kappa shape index (κ2) is 14.1. The normalized spacial score (nSPS) is 12.7. The van der Waals surface area contributed by atoms with Gasteiger partial charge in [0, 0.05) is 33.2 Å². The Morgan fingerprint density at radius 3 is 1.64 bits per heavy atom. The van der Waals surface area contributed by atoms with E-state index < -0.39 is 5.41 Å². The summed E-state index contributed by atoms with van der Waals surface area (Å²) in [6.07, 6.45) is 0. The Kier molecular flexibility index (Phi) is 8.11. The van der Waals surface area contributed by atoms with Gasteiger partial charge in [-0.2, -0.15) is 0 Å². The molecule has 10 aromatic carbocycles. The smallest absolute Gasteiger partial charge is 0.0713 e. The average Bonchev–Trinajstić information content (AvgIpc) is 3.83. The largest absolute Gasteiger partial charge is 0.310 e. The summed E-state index contributed by atoms with van der Waals surface area (Å²) in [6, 6.07) is 89.0. The quantitative estimate of drug-likeness (QED) is 0.156. The molecule has 0 saturated heterocycles. The van der Waals surface area contributed by atoms with Gasteiger partial charge in [0.2, 0.25) is 0 Å². The van der Waals surface area contributed by atoms with Crippen molar-refractivity contribution in [2.75, 3.05) is 4.90 Å². The van der Waals surface area contributed by atoms with E-state index in [9.17, 15) is 0 Å². The Labute approximate surface area is 355 Å². The van der Waals surface area contributed by atoms with Crippen LogP contribution in [0.4, 0.5) is 17.1 Å². The lowest BCUT2D eigenvalue weighted by molar-refractivity contribution is 0.768. The molecule has 0 aliphatic heterocycles. The zero-order valence-corrected chi connectivity index (χ0v) is 33.5. The number of benzene rings is 10. The van der Waals surface area contributed by atoms with Crippen molar-refractivity contribution in [2.45, 2.75) is 5.41 Å². The van der Waals surface area contributed by atoms with Gasteiger partial charge in [0.05, 0.1) is 22.1 Å². The zero-order chi connectivity index (χ0) is 40.3. The van der Waals surface area contributed by atoms with Crippen LogP contribution in [0.3, 0.4) is 0 Å². The summed E-state index contributed by atoms with van der Waals surface area (Å²) in [5.41, 5.74) is 16.6. The molecule has 286 valence electrons. The molecule has 0 N–H and O–H groups in total. The number of rotatable bonds is 7. The van der Waals surface area contributed by atoms with Crippen LogP contribution in [0.15, 0.2) is 243 Å². The highest BCUT2D eigenvalue weighted by molar-refractivity contribution is 6.11. The van der Waals surface area contributed by atoms with E-state index in [2.05, 4.69) is 252 Å². The fourth-order valence-electron chi connectivity index (χ4n) is 10.3. The molecular formula is C59H40N2. The average molecular weight is 777 g/mol. The molecule has 61 heavy (non-hydrogen) atoms. The zero-order valence-electron chi connectivity index (χ0n) is 33.5. The van der Waals surface area contributed by atoms with Gasteiger partial charge in [-0.25, -0.2) is 0 Å². The molecule has 0 saturated carbocycles. The van der Waals surface area contributed by atoms with Crippen molar-refractivity contribution in [3.8, 4) is 27.9 Å². The van der Waals surface area contributed by atoms with Crippen molar-refractivity contribution in [2.24, 2.45) is 0 Å². The number of hydrogen-bond acceptors (Lipinski definition) is 1. The lowest BCUT2D eigenvalue weighted by atomic mass is 9.67. The summed E-state index contributed by atoms with van der Waals surface area (Å²) >= 11 is 0. The number of anilines is 3. The molecule has 0 bridgehead atoms. The number of fused-ring (bicyclic) bond motifs is 7. The van der Waals surface area contributed by atoms with E-state index in [1.165, 1.54) is 77.1 Å². The summed E-state index contributed by atoms with van der Waals surface area (Å²) in [5.74, 6) is 0. The molecule has 1 heterocycles. The predicted octanol–water partition coefficient (Wildman–Crippen LogP) is 15.4. The maximum atomic E-state index is 2.44. The van der Waals surface area contributed by atoms with E-state index in [1.807, 2.05) is 0 Å². The first-order valence-corrected chi connectivity index (χ1v) is 21.1. The fraction of sp³-hybridized carbons (Fsp3) is 0.0169. The maximum Gasteiger partial charge on any atom is 0.0713 e. The van der Waals surface area contributed by atoms with E-state index in [4.69, 9.17) is 0 Å². The van der Waals surface area contributed by atoms with E-state index in [0.717, 1.165) is 22.7 Å². The second-order valence-electron chi connectivity index (χ2n) is 16.0. The minimum atomic E-state index is -0.428. The molecule has 0 radical (unpaired) electrons. The molecule has 1 aromatic heterocycles. The highest BCUT2D eigenvalue weighted by Crippen LogP contribution is 2.57. The Bertz CT molecular complexity index is 3360. The molecule has 1 aliphatic carbocycles. The van der Waals surface area contributed by atoms with Crippen LogP contribution in [0.5, 0.6) is 0 Å². The lowest BCUT2D eigenvalue weighted by Gasteiger charge is -2.33. The van der Waals surface area contributed by atoms with Gasteiger partial charge in [-0.1, -0.05) is 188 Å². The first-order valence-electron chi connectivity index (χ1n) is 21.1. The van der Waals surface area contributed by atoms with E-state index >= 15 is 0 Å². The fourth-order valence-corrected chi connectivity index (χ4v) is 10.3. The third kappa shape index (κ3) is 5.36. The van der Waals surface area contributed by atoms with Gasteiger partial charge >= 0.3 is 0 Å². The standard InChI is InChI=1S/C59H40N2/c1-5-19-42(20-6-1)59(43-21-7-2-8-22-43)54-31-17-15-28-49(54)53-39-41(33-37-55(53)59)47-36-38-57(50-29-14-13-27-48(47)50)60(44-23-9-3-10-24-44)46-34-35-52-51-30-16-18-32-56(51)61(58(52)40-46)45-25-11-4-12-26-45/h1-40H. The molecule has 2 heteroatoms. The Hall–Kier alpha value is -7.94. The Morgan fingerprint density at radius 1 is 0.328 bits per heavy atom. The van der Waals surface area contributed by atoms with Gasteiger partial charge in [0.1, 0.15) is 0 Å². The van der Waals surface area contributed by atoms with Crippen LogP contribution in [0, 0.1) is 0 Å². The SMILES string of the molecule is c1ccc(N(c2ccc3c4ccccc4n(-c4ccccc4)c3c2)c2ccc(-c3ccc4c(c3)-c3ccccc3C4(c3ccccc3)c3ccccc3)c3ccccc23)cc1. The third-order valence-electron chi connectivity index (χ3n) is 12.9. The summed E-state index contributed by atoms with van der Waals surface area (Å²) in [6.45, 7) is 0.